The lowest BCUT2D eigenvalue weighted by atomic mass is 10.0. The van der Waals surface area contributed by atoms with Crippen molar-refractivity contribution in [2.24, 2.45) is 0 Å². The van der Waals surface area contributed by atoms with Crippen LogP contribution >= 0.6 is 27.7 Å². The number of ether oxygens (including phenoxy) is 2. The van der Waals surface area contributed by atoms with Gasteiger partial charge < -0.3 is 9.47 Å². The minimum atomic E-state index is -1.49. The second-order valence-corrected chi connectivity index (χ2v) is 9.38. The molecule has 4 nitrogen and oxygen atoms in total. The molecule has 30 heavy (non-hydrogen) atoms. The van der Waals surface area contributed by atoms with Crippen molar-refractivity contribution in [3.63, 3.8) is 0 Å². The van der Waals surface area contributed by atoms with Gasteiger partial charge in [-0.25, -0.2) is 14.0 Å². The molecule has 0 radical (unpaired) electrons. The molecule has 7 heteroatoms. The lowest BCUT2D eigenvalue weighted by molar-refractivity contribution is -0.146. The van der Waals surface area contributed by atoms with Gasteiger partial charge in [-0.1, -0.05) is 76.6 Å². The smallest absolute Gasteiger partial charge is 0.335 e. The molecule has 0 amide bonds. The number of carbonyl (C=O) groups excluding carboxylic acids is 2. The van der Waals surface area contributed by atoms with E-state index in [0.29, 0.717) is 0 Å². The third kappa shape index (κ3) is 5.61. The van der Waals surface area contributed by atoms with Gasteiger partial charge in [0.25, 0.3) is 0 Å². The fraction of sp³-hybridized carbons (Fsp3) is 0.217. The molecule has 2 aromatic carbocycles. The highest BCUT2D eigenvalue weighted by Crippen LogP contribution is 2.45. The van der Waals surface area contributed by atoms with Gasteiger partial charge in [-0.3, -0.25) is 0 Å². The third-order valence-corrected chi connectivity index (χ3v) is 6.94. The fourth-order valence-electron chi connectivity index (χ4n) is 2.99. The average molecular weight is 491 g/mol. The van der Waals surface area contributed by atoms with Gasteiger partial charge in [-0.15, -0.1) is 11.8 Å². The van der Waals surface area contributed by atoms with Gasteiger partial charge in [-0.05, 0) is 23.3 Å². The predicted octanol–water partition coefficient (Wildman–Crippen LogP) is 5.04. The Balaban J connectivity index is 1.84. The number of methoxy groups -OCH3 is 1. The highest BCUT2D eigenvalue weighted by atomic mass is 79.9. The van der Waals surface area contributed by atoms with Gasteiger partial charge in [0.05, 0.1) is 22.1 Å². The van der Waals surface area contributed by atoms with Crippen LogP contribution in [0.5, 0.6) is 0 Å². The van der Waals surface area contributed by atoms with E-state index >= 15 is 0 Å². The summed E-state index contributed by atoms with van der Waals surface area (Å²) in [5.74, 6) is -1.27. The molecule has 0 saturated carbocycles. The SMILES string of the molecule is COC(=O)C(=Cc1ccccc1)[C@H]1S[C@H](Br)[C@@H](F)[C@@H]1OC(=O)C=Cc1ccccc1. The Bertz CT molecular complexity index is 933. The van der Waals surface area contributed by atoms with Crippen LogP contribution in [0.4, 0.5) is 4.39 Å². The topological polar surface area (TPSA) is 52.6 Å². The Hall–Kier alpha value is -2.38. The summed E-state index contributed by atoms with van der Waals surface area (Å²) in [7, 11) is 1.27. The van der Waals surface area contributed by atoms with Crippen LogP contribution in [0.3, 0.4) is 0 Å². The number of halogens is 2. The molecule has 2 aromatic rings. The summed E-state index contributed by atoms with van der Waals surface area (Å²) in [6, 6.07) is 18.4. The van der Waals surface area contributed by atoms with Crippen LogP contribution in [-0.4, -0.2) is 40.7 Å². The summed E-state index contributed by atoms with van der Waals surface area (Å²) in [5, 5.41) is -0.717. The van der Waals surface area contributed by atoms with Crippen molar-refractivity contribution < 1.29 is 23.5 Å². The Morgan fingerprint density at radius 2 is 1.63 bits per heavy atom. The molecule has 3 rings (SSSR count). The van der Waals surface area contributed by atoms with Crippen LogP contribution in [-0.2, 0) is 19.1 Å². The number of thioether (sulfide) groups is 1. The van der Waals surface area contributed by atoms with Gasteiger partial charge in [0.2, 0.25) is 0 Å². The van der Waals surface area contributed by atoms with Crippen LogP contribution in [0, 0.1) is 0 Å². The van der Waals surface area contributed by atoms with Gasteiger partial charge in [0.1, 0.15) is 0 Å². The first-order valence-corrected chi connectivity index (χ1v) is 11.1. The predicted molar refractivity (Wildman–Crippen MR) is 121 cm³/mol. The largest absolute Gasteiger partial charge is 0.466 e. The lowest BCUT2D eigenvalue weighted by Crippen LogP contribution is -2.35. The van der Waals surface area contributed by atoms with E-state index < -0.39 is 33.6 Å². The molecule has 0 unspecified atom stereocenters. The third-order valence-electron chi connectivity index (χ3n) is 4.45. The lowest BCUT2D eigenvalue weighted by Gasteiger charge is -2.21. The summed E-state index contributed by atoms with van der Waals surface area (Å²) in [6.45, 7) is 0. The van der Waals surface area contributed by atoms with Crippen LogP contribution in [0.25, 0.3) is 12.2 Å². The maximum Gasteiger partial charge on any atom is 0.335 e. The van der Waals surface area contributed by atoms with Crippen LogP contribution in [0.2, 0.25) is 0 Å². The van der Waals surface area contributed by atoms with E-state index in [4.69, 9.17) is 9.47 Å². The number of benzene rings is 2. The molecule has 1 heterocycles. The molecular formula is C23H20BrFO4S. The zero-order valence-electron chi connectivity index (χ0n) is 16.1. The molecule has 1 saturated heterocycles. The zero-order valence-corrected chi connectivity index (χ0v) is 18.5. The van der Waals surface area contributed by atoms with E-state index in [0.717, 1.165) is 11.1 Å². The minimum absolute atomic E-state index is 0.239. The number of hydrogen-bond acceptors (Lipinski definition) is 5. The zero-order chi connectivity index (χ0) is 21.5. The molecule has 0 aromatic heterocycles. The Labute approximate surface area is 187 Å². The number of carbonyl (C=O) groups is 2. The summed E-state index contributed by atoms with van der Waals surface area (Å²) >= 11 is 4.45. The molecule has 1 aliphatic rings. The van der Waals surface area contributed by atoms with Gasteiger partial charge in [-0.2, -0.15) is 0 Å². The fourth-order valence-corrected chi connectivity index (χ4v) is 5.25. The highest BCUT2D eigenvalue weighted by Gasteiger charge is 2.49. The van der Waals surface area contributed by atoms with Crippen molar-refractivity contribution in [2.75, 3.05) is 7.11 Å². The Kier molecular flexibility index (Phi) is 7.87. The van der Waals surface area contributed by atoms with Gasteiger partial charge in [0.15, 0.2) is 12.3 Å². The normalized spacial score (nSPS) is 24.0. The van der Waals surface area contributed by atoms with E-state index in [2.05, 4.69) is 15.9 Å². The van der Waals surface area contributed by atoms with Crippen molar-refractivity contribution in [1.82, 2.24) is 0 Å². The average Bonchev–Trinajstić information content (AvgIpc) is 3.05. The van der Waals surface area contributed by atoms with E-state index in [1.165, 1.54) is 24.9 Å². The van der Waals surface area contributed by atoms with Crippen molar-refractivity contribution >= 4 is 51.8 Å². The number of rotatable bonds is 6. The Morgan fingerprint density at radius 3 is 2.23 bits per heavy atom. The van der Waals surface area contributed by atoms with Crippen molar-refractivity contribution in [1.29, 1.82) is 0 Å². The van der Waals surface area contributed by atoms with E-state index in [1.54, 1.807) is 12.2 Å². The van der Waals surface area contributed by atoms with Crippen LogP contribution in [0.1, 0.15) is 11.1 Å². The standard InChI is InChI=1S/C23H20BrFO4S/c1-28-23(27)17(14-16-10-6-3-7-11-16)21-20(19(25)22(24)30-21)29-18(26)13-12-15-8-4-2-5-9-15/h2-14,19-22H,1H3/t19-,20-,21+,22-/m0/s1. The van der Waals surface area contributed by atoms with Crippen LogP contribution < -0.4 is 0 Å². The van der Waals surface area contributed by atoms with Crippen LogP contribution in [0.15, 0.2) is 72.3 Å². The monoisotopic (exact) mass is 490 g/mol. The van der Waals surface area contributed by atoms with Crippen molar-refractivity contribution in [3.05, 3.63) is 83.4 Å². The summed E-state index contributed by atoms with van der Waals surface area (Å²) in [4.78, 5) is 24.8. The molecule has 0 bridgehead atoms. The maximum absolute atomic E-state index is 14.9. The van der Waals surface area contributed by atoms with E-state index in [1.807, 2.05) is 60.7 Å². The van der Waals surface area contributed by atoms with E-state index in [-0.39, 0.29) is 5.57 Å². The van der Waals surface area contributed by atoms with Gasteiger partial charge in [0, 0.05) is 6.08 Å². The number of hydrogen-bond donors (Lipinski definition) is 0. The van der Waals surface area contributed by atoms with Crippen molar-refractivity contribution in [3.8, 4) is 0 Å². The second kappa shape index (κ2) is 10.6. The first-order valence-electron chi connectivity index (χ1n) is 9.22. The minimum Gasteiger partial charge on any atom is -0.466 e. The molecule has 1 fully saturated rings. The highest BCUT2D eigenvalue weighted by molar-refractivity contribution is 9.11. The molecule has 0 N–H and O–H groups in total. The molecule has 4 atom stereocenters. The second-order valence-electron chi connectivity index (χ2n) is 6.50. The van der Waals surface area contributed by atoms with E-state index in [9.17, 15) is 14.0 Å². The van der Waals surface area contributed by atoms with Crippen molar-refractivity contribution in [2.45, 2.75) is 21.7 Å². The first kappa shape index (κ1) is 22.3. The molecule has 156 valence electrons. The maximum atomic E-state index is 14.9. The van der Waals surface area contributed by atoms with Gasteiger partial charge >= 0.3 is 11.9 Å². The first-order chi connectivity index (χ1) is 14.5. The summed E-state index contributed by atoms with van der Waals surface area (Å²) in [6.07, 6.45) is 1.87. The Morgan fingerprint density at radius 1 is 1.03 bits per heavy atom. The number of esters is 2. The quantitative estimate of drug-likeness (QED) is 0.322. The molecule has 0 aliphatic carbocycles. The summed E-state index contributed by atoms with van der Waals surface area (Å²) in [5.41, 5.74) is 1.82. The number of alkyl halides is 2. The molecule has 0 spiro atoms. The summed E-state index contributed by atoms with van der Waals surface area (Å²) < 4.78 is 24.6. The molecular weight excluding hydrogens is 471 g/mol. The molecule has 1 aliphatic heterocycles.